The van der Waals surface area contributed by atoms with Crippen LogP contribution < -0.4 is 5.32 Å². The molecule has 2 aliphatic carbocycles. The molecule has 3 fully saturated rings. The van der Waals surface area contributed by atoms with Crippen LogP contribution in [0.5, 0.6) is 0 Å². The standard InChI is InChI=1S/C16H31N3/c1-16(2,19-9-7-17-8-10-19)13-18(11-14-3-4-14)12-15-5-6-15/h14-15,17H,3-13H2,1-2H3. The minimum absolute atomic E-state index is 0.339. The molecular formula is C16H31N3. The van der Waals surface area contributed by atoms with Crippen molar-refractivity contribution in [2.45, 2.75) is 45.1 Å². The smallest absolute Gasteiger partial charge is 0.0281 e. The summed E-state index contributed by atoms with van der Waals surface area (Å²) in [7, 11) is 0. The number of nitrogens with one attached hydrogen (secondary N) is 1. The fraction of sp³-hybridized carbons (Fsp3) is 1.00. The van der Waals surface area contributed by atoms with Crippen LogP contribution >= 0.6 is 0 Å². The Labute approximate surface area is 118 Å². The average Bonchev–Trinajstić information content (AvgIpc) is 3.26. The lowest BCUT2D eigenvalue weighted by molar-refractivity contribution is 0.0598. The van der Waals surface area contributed by atoms with E-state index in [0.29, 0.717) is 5.54 Å². The van der Waals surface area contributed by atoms with E-state index in [0.717, 1.165) is 24.9 Å². The van der Waals surface area contributed by atoms with Crippen molar-refractivity contribution in [1.82, 2.24) is 15.1 Å². The van der Waals surface area contributed by atoms with E-state index in [-0.39, 0.29) is 0 Å². The molecule has 3 heteroatoms. The maximum absolute atomic E-state index is 3.47. The minimum atomic E-state index is 0.339. The van der Waals surface area contributed by atoms with Crippen LogP contribution in [0.15, 0.2) is 0 Å². The summed E-state index contributed by atoms with van der Waals surface area (Å²) in [5, 5.41) is 3.47. The molecule has 0 atom stereocenters. The van der Waals surface area contributed by atoms with Gasteiger partial charge in [0.15, 0.2) is 0 Å². The highest BCUT2D eigenvalue weighted by molar-refractivity contribution is 4.91. The van der Waals surface area contributed by atoms with Crippen LogP contribution in [0.4, 0.5) is 0 Å². The lowest BCUT2D eigenvalue weighted by atomic mass is 10.00. The number of rotatable bonds is 7. The van der Waals surface area contributed by atoms with Gasteiger partial charge in [-0.05, 0) is 51.4 Å². The largest absolute Gasteiger partial charge is 0.314 e. The Morgan fingerprint density at radius 3 is 2.00 bits per heavy atom. The lowest BCUT2D eigenvalue weighted by Crippen LogP contribution is -2.58. The summed E-state index contributed by atoms with van der Waals surface area (Å²) in [6, 6.07) is 0. The molecule has 1 aliphatic heterocycles. The zero-order valence-electron chi connectivity index (χ0n) is 12.8. The molecule has 0 bridgehead atoms. The fourth-order valence-corrected chi connectivity index (χ4v) is 3.45. The highest BCUT2D eigenvalue weighted by Gasteiger charge is 2.34. The summed E-state index contributed by atoms with van der Waals surface area (Å²) in [6.07, 6.45) is 5.93. The van der Waals surface area contributed by atoms with Crippen LogP contribution in [-0.4, -0.2) is 61.2 Å². The molecule has 19 heavy (non-hydrogen) atoms. The monoisotopic (exact) mass is 265 g/mol. The molecule has 1 saturated heterocycles. The first kappa shape index (κ1) is 13.8. The molecule has 0 spiro atoms. The van der Waals surface area contributed by atoms with Crippen molar-refractivity contribution >= 4 is 0 Å². The number of hydrogen-bond acceptors (Lipinski definition) is 3. The van der Waals surface area contributed by atoms with Crippen LogP contribution in [0.1, 0.15) is 39.5 Å². The van der Waals surface area contributed by atoms with E-state index in [2.05, 4.69) is 29.0 Å². The van der Waals surface area contributed by atoms with Crippen molar-refractivity contribution in [3.63, 3.8) is 0 Å². The summed E-state index contributed by atoms with van der Waals surface area (Å²) in [5.74, 6) is 2.05. The first-order valence-corrected chi connectivity index (χ1v) is 8.31. The SMILES string of the molecule is CC(C)(CN(CC1CC1)CC1CC1)N1CCNCC1. The van der Waals surface area contributed by atoms with Gasteiger partial charge in [0.1, 0.15) is 0 Å². The Morgan fingerprint density at radius 1 is 1.00 bits per heavy atom. The van der Waals surface area contributed by atoms with Gasteiger partial charge in [-0.25, -0.2) is 0 Å². The number of hydrogen-bond donors (Lipinski definition) is 1. The molecule has 0 unspecified atom stereocenters. The molecule has 3 aliphatic rings. The Kier molecular flexibility index (Phi) is 4.16. The molecule has 2 saturated carbocycles. The Bertz CT molecular complexity index is 274. The summed E-state index contributed by atoms with van der Waals surface area (Å²) in [5.41, 5.74) is 0.339. The zero-order chi connectivity index (χ0) is 13.3. The van der Waals surface area contributed by atoms with E-state index >= 15 is 0 Å². The Hall–Kier alpha value is -0.120. The van der Waals surface area contributed by atoms with Crippen molar-refractivity contribution in [3.8, 4) is 0 Å². The molecule has 1 N–H and O–H groups in total. The summed E-state index contributed by atoms with van der Waals surface area (Å²) >= 11 is 0. The van der Waals surface area contributed by atoms with E-state index in [1.54, 1.807) is 0 Å². The molecule has 3 nitrogen and oxygen atoms in total. The van der Waals surface area contributed by atoms with E-state index in [4.69, 9.17) is 0 Å². The predicted molar refractivity (Wildman–Crippen MR) is 80.4 cm³/mol. The molecule has 0 aromatic heterocycles. The van der Waals surface area contributed by atoms with Gasteiger partial charge in [-0.2, -0.15) is 0 Å². The van der Waals surface area contributed by atoms with Gasteiger partial charge in [0.25, 0.3) is 0 Å². The van der Waals surface area contributed by atoms with Gasteiger partial charge in [0.2, 0.25) is 0 Å². The zero-order valence-corrected chi connectivity index (χ0v) is 12.8. The lowest BCUT2D eigenvalue weighted by Gasteiger charge is -2.44. The highest BCUT2D eigenvalue weighted by Crippen LogP contribution is 2.34. The second-order valence-corrected chi connectivity index (χ2v) is 7.63. The van der Waals surface area contributed by atoms with E-state index in [9.17, 15) is 0 Å². The summed E-state index contributed by atoms with van der Waals surface area (Å²) < 4.78 is 0. The highest BCUT2D eigenvalue weighted by atomic mass is 15.3. The van der Waals surface area contributed by atoms with Crippen molar-refractivity contribution in [1.29, 1.82) is 0 Å². The number of nitrogens with zero attached hydrogens (tertiary/aromatic N) is 2. The van der Waals surface area contributed by atoms with E-state index in [1.165, 1.54) is 58.4 Å². The topological polar surface area (TPSA) is 18.5 Å². The molecule has 0 aromatic rings. The third-order valence-electron chi connectivity index (χ3n) is 5.01. The van der Waals surface area contributed by atoms with Gasteiger partial charge in [-0.1, -0.05) is 0 Å². The Balaban J connectivity index is 1.54. The molecule has 0 aromatic carbocycles. The van der Waals surface area contributed by atoms with Gasteiger partial charge in [-0.3, -0.25) is 4.90 Å². The van der Waals surface area contributed by atoms with E-state index < -0.39 is 0 Å². The third kappa shape index (κ3) is 4.17. The second-order valence-electron chi connectivity index (χ2n) is 7.63. The normalized spacial score (nSPS) is 26.1. The molecule has 0 radical (unpaired) electrons. The van der Waals surface area contributed by atoms with Crippen molar-refractivity contribution in [3.05, 3.63) is 0 Å². The molecule has 1 heterocycles. The van der Waals surface area contributed by atoms with E-state index in [1.807, 2.05) is 0 Å². The van der Waals surface area contributed by atoms with Crippen molar-refractivity contribution < 1.29 is 0 Å². The first-order chi connectivity index (χ1) is 9.13. The van der Waals surface area contributed by atoms with Gasteiger partial charge in [0, 0.05) is 51.4 Å². The number of piperazine rings is 1. The maximum atomic E-state index is 3.47. The van der Waals surface area contributed by atoms with Crippen LogP contribution in [0.3, 0.4) is 0 Å². The summed E-state index contributed by atoms with van der Waals surface area (Å²) in [6.45, 7) is 13.7. The van der Waals surface area contributed by atoms with Gasteiger partial charge in [-0.15, -0.1) is 0 Å². The predicted octanol–water partition coefficient (Wildman–Crippen LogP) is 1.79. The molecule has 0 amide bonds. The average molecular weight is 265 g/mol. The fourth-order valence-electron chi connectivity index (χ4n) is 3.45. The van der Waals surface area contributed by atoms with Crippen LogP contribution in [0, 0.1) is 11.8 Å². The molecule has 110 valence electrons. The first-order valence-electron chi connectivity index (χ1n) is 8.31. The molecule has 3 rings (SSSR count). The minimum Gasteiger partial charge on any atom is -0.314 e. The van der Waals surface area contributed by atoms with Crippen LogP contribution in [0.2, 0.25) is 0 Å². The van der Waals surface area contributed by atoms with Crippen LogP contribution in [-0.2, 0) is 0 Å². The second kappa shape index (κ2) is 5.71. The quantitative estimate of drug-likeness (QED) is 0.757. The van der Waals surface area contributed by atoms with Gasteiger partial charge >= 0.3 is 0 Å². The van der Waals surface area contributed by atoms with Gasteiger partial charge < -0.3 is 10.2 Å². The van der Waals surface area contributed by atoms with Gasteiger partial charge in [0.05, 0.1) is 0 Å². The van der Waals surface area contributed by atoms with Crippen molar-refractivity contribution in [2.75, 3.05) is 45.8 Å². The van der Waals surface area contributed by atoms with Crippen LogP contribution in [0.25, 0.3) is 0 Å². The Morgan fingerprint density at radius 2 is 1.53 bits per heavy atom. The van der Waals surface area contributed by atoms with Crippen molar-refractivity contribution in [2.24, 2.45) is 11.8 Å². The third-order valence-corrected chi connectivity index (χ3v) is 5.01. The summed E-state index contributed by atoms with van der Waals surface area (Å²) in [4.78, 5) is 5.48. The molecular weight excluding hydrogens is 234 g/mol. The maximum Gasteiger partial charge on any atom is 0.0281 e.